The Morgan fingerprint density at radius 1 is 1.32 bits per heavy atom. The molecule has 1 amide bonds. The van der Waals surface area contributed by atoms with E-state index in [4.69, 9.17) is 4.42 Å². The zero-order valence-electron chi connectivity index (χ0n) is 15.4. The molecular formula is C20H26N2O2S. The number of rotatable bonds is 3. The monoisotopic (exact) mass is 358 g/mol. The van der Waals surface area contributed by atoms with Crippen molar-refractivity contribution in [1.29, 1.82) is 0 Å². The first kappa shape index (κ1) is 16.7. The number of hydrogen-bond donors (Lipinski definition) is 2. The maximum absolute atomic E-state index is 12.8. The van der Waals surface area contributed by atoms with E-state index in [9.17, 15) is 4.79 Å². The van der Waals surface area contributed by atoms with Crippen molar-refractivity contribution in [3.05, 3.63) is 39.7 Å². The second-order valence-corrected chi connectivity index (χ2v) is 9.09. The summed E-state index contributed by atoms with van der Waals surface area (Å²) >= 11 is 1.76. The van der Waals surface area contributed by atoms with Gasteiger partial charge in [-0.15, -0.1) is 11.3 Å². The van der Waals surface area contributed by atoms with E-state index in [2.05, 4.69) is 31.4 Å². The van der Waals surface area contributed by atoms with E-state index in [0.29, 0.717) is 11.3 Å². The fraction of sp³-hybridized carbons (Fsp3) is 0.550. The Morgan fingerprint density at radius 2 is 2.12 bits per heavy atom. The number of thiophene rings is 1. The molecule has 0 unspecified atom stereocenters. The summed E-state index contributed by atoms with van der Waals surface area (Å²) in [4.78, 5) is 14.1. The average Bonchev–Trinajstić information content (AvgIpc) is 3.17. The number of nitrogens with one attached hydrogen (secondary N) is 2. The fourth-order valence-corrected chi connectivity index (χ4v) is 5.36. The standard InChI is InChI=1S/C20H26N2O2S/c1-5-20(3,4)12-7-8-13-15(10-12)25-19-16(13)18(23)21-17(22-19)14-9-6-11(2)24-14/h6,9,12,17,22H,5,7-8,10H2,1-4H3,(H,21,23)/t12-,17+/m1/s1. The first-order valence-corrected chi connectivity index (χ1v) is 9.99. The van der Waals surface area contributed by atoms with Crippen LogP contribution >= 0.6 is 11.3 Å². The van der Waals surface area contributed by atoms with Gasteiger partial charge < -0.3 is 15.1 Å². The van der Waals surface area contributed by atoms with Gasteiger partial charge in [0.1, 0.15) is 16.5 Å². The van der Waals surface area contributed by atoms with E-state index < -0.39 is 0 Å². The largest absolute Gasteiger partial charge is 0.462 e. The van der Waals surface area contributed by atoms with Crippen molar-refractivity contribution in [2.24, 2.45) is 11.3 Å². The lowest BCUT2D eigenvalue weighted by atomic mass is 9.69. The second-order valence-electron chi connectivity index (χ2n) is 7.99. The summed E-state index contributed by atoms with van der Waals surface area (Å²) < 4.78 is 5.69. The Bertz CT molecular complexity index is 818. The van der Waals surface area contributed by atoms with E-state index in [-0.39, 0.29) is 12.1 Å². The Kier molecular flexibility index (Phi) is 3.95. The molecule has 0 radical (unpaired) electrons. The molecule has 1 aliphatic carbocycles. The summed E-state index contributed by atoms with van der Waals surface area (Å²) in [6.07, 6.45) is 4.18. The van der Waals surface area contributed by atoms with Gasteiger partial charge in [-0.1, -0.05) is 27.2 Å². The summed E-state index contributed by atoms with van der Waals surface area (Å²) in [6, 6.07) is 3.85. The molecule has 3 heterocycles. The smallest absolute Gasteiger partial charge is 0.256 e. The molecule has 0 spiro atoms. The highest BCUT2D eigenvalue weighted by molar-refractivity contribution is 7.16. The molecule has 25 heavy (non-hydrogen) atoms. The van der Waals surface area contributed by atoms with Crippen molar-refractivity contribution in [3.8, 4) is 0 Å². The number of carbonyl (C=O) groups is 1. The molecule has 2 atom stereocenters. The first-order chi connectivity index (χ1) is 11.9. The summed E-state index contributed by atoms with van der Waals surface area (Å²) in [5, 5.41) is 7.53. The predicted molar refractivity (Wildman–Crippen MR) is 101 cm³/mol. The summed E-state index contributed by atoms with van der Waals surface area (Å²) in [5.41, 5.74) is 2.49. The van der Waals surface area contributed by atoms with Gasteiger partial charge in [-0.25, -0.2) is 0 Å². The van der Waals surface area contributed by atoms with Gasteiger partial charge in [0, 0.05) is 4.88 Å². The SMILES string of the molecule is CCC(C)(C)[C@@H]1CCc2c(sc3c2C(=O)N[C@H](c2ccc(C)o2)N3)C1. The first-order valence-electron chi connectivity index (χ1n) is 9.17. The minimum Gasteiger partial charge on any atom is -0.462 e. The third kappa shape index (κ3) is 2.78. The van der Waals surface area contributed by atoms with Gasteiger partial charge in [-0.2, -0.15) is 0 Å². The van der Waals surface area contributed by atoms with E-state index in [0.717, 1.165) is 34.9 Å². The van der Waals surface area contributed by atoms with Crippen molar-refractivity contribution in [2.45, 2.75) is 59.5 Å². The lowest BCUT2D eigenvalue weighted by Gasteiger charge is -2.36. The molecule has 2 aromatic heterocycles. The van der Waals surface area contributed by atoms with E-state index >= 15 is 0 Å². The number of furan rings is 1. The van der Waals surface area contributed by atoms with Crippen LogP contribution in [0.4, 0.5) is 5.00 Å². The number of aryl methyl sites for hydroxylation is 1. The van der Waals surface area contributed by atoms with Crippen molar-refractivity contribution in [2.75, 3.05) is 5.32 Å². The highest BCUT2D eigenvalue weighted by Gasteiger charge is 2.37. The lowest BCUT2D eigenvalue weighted by Crippen LogP contribution is -2.38. The molecule has 134 valence electrons. The summed E-state index contributed by atoms with van der Waals surface area (Å²) in [6.45, 7) is 8.94. The van der Waals surface area contributed by atoms with Gasteiger partial charge in [-0.3, -0.25) is 4.79 Å². The Morgan fingerprint density at radius 3 is 2.80 bits per heavy atom. The van der Waals surface area contributed by atoms with E-state index in [1.54, 1.807) is 11.3 Å². The van der Waals surface area contributed by atoms with Gasteiger partial charge in [0.15, 0.2) is 6.17 Å². The third-order valence-electron chi connectivity index (χ3n) is 6.11. The fourth-order valence-electron chi connectivity index (χ4n) is 4.00. The van der Waals surface area contributed by atoms with Crippen LogP contribution in [0.25, 0.3) is 0 Å². The van der Waals surface area contributed by atoms with Crippen LogP contribution in [-0.4, -0.2) is 5.91 Å². The average molecular weight is 359 g/mol. The number of anilines is 1. The molecule has 5 heteroatoms. The number of carbonyl (C=O) groups excluding carboxylic acids is 1. The van der Waals surface area contributed by atoms with Crippen LogP contribution in [0.3, 0.4) is 0 Å². The number of amides is 1. The van der Waals surface area contributed by atoms with Gasteiger partial charge in [0.2, 0.25) is 0 Å². The van der Waals surface area contributed by atoms with Crippen LogP contribution in [0.5, 0.6) is 0 Å². The van der Waals surface area contributed by atoms with Crippen LogP contribution in [-0.2, 0) is 12.8 Å². The van der Waals surface area contributed by atoms with Crippen LogP contribution in [0.2, 0.25) is 0 Å². The number of fused-ring (bicyclic) bond motifs is 3. The molecule has 0 fully saturated rings. The zero-order chi connectivity index (χ0) is 17.8. The predicted octanol–water partition coefficient (Wildman–Crippen LogP) is 5.04. The summed E-state index contributed by atoms with van der Waals surface area (Å²) in [7, 11) is 0. The molecule has 2 N–H and O–H groups in total. The molecule has 2 aliphatic rings. The van der Waals surface area contributed by atoms with Crippen LogP contribution < -0.4 is 10.6 Å². The third-order valence-corrected chi connectivity index (χ3v) is 7.29. The Balaban J connectivity index is 1.63. The van der Waals surface area contributed by atoms with Gasteiger partial charge >= 0.3 is 0 Å². The molecule has 0 aromatic carbocycles. The maximum Gasteiger partial charge on any atom is 0.256 e. The topological polar surface area (TPSA) is 54.3 Å². The van der Waals surface area contributed by atoms with Crippen LogP contribution in [0, 0.1) is 18.3 Å². The minimum absolute atomic E-state index is 0.0264. The number of hydrogen-bond acceptors (Lipinski definition) is 4. The minimum atomic E-state index is -0.281. The Hall–Kier alpha value is -1.75. The molecule has 1 aliphatic heterocycles. The maximum atomic E-state index is 12.8. The lowest BCUT2D eigenvalue weighted by molar-refractivity contribution is 0.0929. The Labute approximate surface area is 153 Å². The van der Waals surface area contributed by atoms with Crippen LogP contribution in [0.15, 0.2) is 16.5 Å². The van der Waals surface area contributed by atoms with Crippen molar-refractivity contribution < 1.29 is 9.21 Å². The van der Waals surface area contributed by atoms with Crippen molar-refractivity contribution in [3.63, 3.8) is 0 Å². The normalized spacial score (nSPS) is 22.8. The van der Waals surface area contributed by atoms with Gasteiger partial charge in [0.05, 0.1) is 5.56 Å². The summed E-state index contributed by atoms with van der Waals surface area (Å²) in [5.74, 6) is 2.33. The van der Waals surface area contributed by atoms with Gasteiger partial charge in [0.25, 0.3) is 5.91 Å². The van der Waals surface area contributed by atoms with Crippen molar-refractivity contribution in [1.82, 2.24) is 5.32 Å². The molecule has 0 saturated carbocycles. The molecular weight excluding hydrogens is 332 g/mol. The molecule has 0 bridgehead atoms. The van der Waals surface area contributed by atoms with Crippen LogP contribution in [0.1, 0.15) is 72.1 Å². The highest BCUT2D eigenvalue weighted by atomic mass is 32.1. The molecule has 0 saturated heterocycles. The quantitative estimate of drug-likeness (QED) is 0.808. The molecule has 4 rings (SSSR count). The molecule has 4 nitrogen and oxygen atoms in total. The zero-order valence-corrected chi connectivity index (χ0v) is 16.2. The van der Waals surface area contributed by atoms with Crippen molar-refractivity contribution >= 4 is 22.2 Å². The van der Waals surface area contributed by atoms with E-state index in [1.165, 1.54) is 23.3 Å². The van der Waals surface area contributed by atoms with Gasteiger partial charge in [-0.05, 0) is 55.2 Å². The molecule has 2 aromatic rings. The van der Waals surface area contributed by atoms with E-state index in [1.807, 2.05) is 19.1 Å². The highest BCUT2D eigenvalue weighted by Crippen LogP contribution is 2.46. The second kappa shape index (κ2) is 5.90.